The molecule has 0 saturated heterocycles. The third kappa shape index (κ3) is 4.48. The smallest absolute Gasteiger partial charge is 0.280 e. The number of aryl methyl sites for hydroxylation is 1. The van der Waals surface area contributed by atoms with Crippen molar-refractivity contribution in [1.82, 2.24) is 49.6 Å². The predicted molar refractivity (Wildman–Crippen MR) is 130 cm³/mol. The van der Waals surface area contributed by atoms with Gasteiger partial charge in [-0.15, -0.1) is 16.1 Å². The van der Waals surface area contributed by atoms with Crippen LogP contribution in [-0.2, 0) is 7.05 Å². The first kappa shape index (κ1) is 23.3. The van der Waals surface area contributed by atoms with Gasteiger partial charge in [0.05, 0.1) is 29.0 Å². The van der Waals surface area contributed by atoms with Gasteiger partial charge >= 0.3 is 0 Å². The molecule has 0 radical (unpaired) electrons. The van der Waals surface area contributed by atoms with Crippen molar-refractivity contribution < 1.29 is 13.6 Å². The second-order valence-electron chi connectivity index (χ2n) is 8.89. The molecule has 5 aromatic rings. The number of carbonyl (C=O) groups is 1. The molecule has 2 atom stereocenters. The van der Waals surface area contributed by atoms with Crippen LogP contribution in [-0.4, -0.2) is 56.2 Å². The number of fused-ring (bicyclic) bond motifs is 1. The number of imidazole rings is 1. The lowest BCUT2D eigenvalue weighted by molar-refractivity contribution is 0.0920. The molecule has 14 heteroatoms. The van der Waals surface area contributed by atoms with Crippen molar-refractivity contribution in [3.63, 3.8) is 0 Å². The SMILES string of the molecule is Cn1ccc(-c2nc3cnc(-n4nccn4)cc3n2[C@@H]2CCC[C@H](NC(=O)c3ncc(C(F)F)s3)C2)n1. The number of nitrogens with one attached hydrogen (secondary N) is 1. The Balaban J connectivity index is 1.34. The first-order valence-electron chi connectivity index (χ1n) is 11.8. The highest BCUT2D eigenvalue weighted by Gasteiger charge is 2.30. The maximum absolute atomic E-state index is 12.9. The van der Waals surface area contributed by atoms with E-state index in [0.717, 1.165) is 48.0 Å². The fraction of sp³-hybridized carbons (Fsp3) is 0.348. The van der Waals surface area contributed by atoms with Gasteiger partial charge in [-0.2, -0.15) is 15.3 Å². The molecule has 1 fully saturated rings. The number of thiazole rings is 1. The normalized spacial score (nSPS) is 18.1. The Morgan fingerprint density at radius 3 is 2.76 bits per heavy atom. The van der Waals surface area contributed by atoms with Gasteiger partial charge in [0.25, 0.3) is 12.3 Å². The molecule has 1 aliphatic carbocycles. The topological polar surface area (TPSA) is 121 Å². The van der Waals surface area contributed by atoms with Crippen LogP contribution < -0.4 is 5.32 Å². The number of amides is 1. The summed E-state index contributed by atoms with van der Waals surface area (Å²) in [6.45, 7) is 0. The van der Waals surface area contributed by atoms with Crippen molar-refractivity contribution in [3.05, 3.63) is 53.0 Å². The summed E-state index contributed by atoms with van der Waals surface area (Å²) in [4.78, 5) is 27.2. The highest BCUT2D eigenvalue weighted by Crippen LogP contribution is 2.36. The van der Waals surface area contributed by atoms with E-state index in [2.05, 4.69) is 35.1 Å². The molecule has 37 heavy (non-hydrogen) atoms. The molecule has 1 amide bonds. The maximum Gasteiger partial charge on any atom is 0.280 e. The molecule has 0 aromatic carbocycles. The molecule has 0 bridgehead atoms. The summed E-state index contributed by atoms with van der Waals surface area (Å²) < 4.78 is 29.8. The second kappa shape index (κ2) is 9.42. The Morgan fingerprint density at radius 2 is 2.03 bits per heavy atom. The second-order valence-corrected chi connectivity index (χ2v) is 9.95. The summed E-state index contributed by atoms with van der Waals surface area (Å²) >= 11 is 0.720. The number of nitrogens with zero attached hydrogens (tertiary/aromatic N) is 9. The quantitative estimate of drug-likeness (QED) is 0.359. The molecule has 5 aromatic heterocycles. The Hall–Kier alpha value is -4.07. The van der Waals surface area contributed by atoms with E-state index >= 15 is 0 Å². The van der Waals surface area contributed by atoms with Gasteiger partial charge in [0.1, 0.15) is 11.2 Å². The summed E-state index contributed by atoms with van der Waals surface area (Å²) in [5.74, 6) is 0.839. The van der Waals surface area contributed by atoms with Crippen LogP contribution in [0.2, 0.25) is 0 Å². The molecular weight excluding hydrogens is 502 g/mol. The van der Waals surface area contributed by atoms with Gasteiger partial charge in [-0.05, 0) is 31.7 Å². The molecule has 1 aliphatic rings. The monoisotopic (exact) mass is 524 g/mol. The van der Waals surface area contributed by atoms with Crippen LogP contribution in [0.15, 0.2) is 43.1 Å². The van der Waals surface area contributed by atoms with Crippen LogP contribution in [0.3, 0.4) is 0 Å². The van der Waals surface area contributed by atoms with Gasteiger partial charge in [-0.3, -0.25) is 9.48 Å². The highest BCUT2D eigenvalue weighted by molar-refractivity contribution is 7.13. The minimum absolute atomic E-state index is 0.00908. The van der Waals surface area contributed by atoms with E-state index in [1.54, 1.807) is 23.3 Å². The highest BCUT2D eigenvalue weighted by atomic mass is 32.1. The largest absolute Gasteiger partial charge is 0.347 e. The third-order valence-electron chi connectivity index (χ3n) is 6.41. The fourth-order valence-corrected chi connectivity index (χ4v) is 5.46. The molecule has 1 N–H and O–H groups in total. The third-order valence-corrected chi connectivity index (χ3v) is 7.41. The van der Waals surface area contributed by atoms with E-state index < -0.39 is 12.3 Å². The predicted octanol–water partition coefficient (Wildman–Crippen LogP) is 3.72. The van der Waals surface area contributed by atoms with Crippen LogP contribution in [0.1, 0.15) is 52.8 Å². The van der Waals surface area contributed by atoms with Crippen molar-refractivity contribution >= 4 is 28.3 Å². The molecular formula is C23H22F2N10OS. The van der Waals surface area contributed by atoms with Crippen LogP contribution in [0.4, 0.5) is 8.78 Å². The summed E-state index contributed by atoms with van der Waals surface area (Å²) in [5, 5.41) is 16.0. The van der Waals surface area contributed by atoms with Gasteiger partial charge in [0.2, 0.25) is 0 Å². The Labute approximate surface area is 213 Å². The molecule has 6 rings (SSSR count). The molecule has 0 aliphatic heterocycles. The van der Waals surface area contributed by atoms with Gasteiger partial charge in [0.15, 0.2) is 16.6 Å². The average Bonchev–Trinajstić information content (AvgIpc) is 3.69. The van der Waals surface area contributed by atoms with Crippen molar-refractivity contribution in [2.75, 3.05) is 0 Å². The number of alkyl halides is 2. The molecule has 5 heterocycles. The van der Waals surface area contributed by atoms with Gasteiger partial charge in [-0.25, -0.2) is 23.7 Å². The number of rotatable bonds is 6. The fourth-order valence-electron chi connectivity index (χ4n) is 4.79. The van der Waals surface area contributed by atoms with Crippen LogP contribution in [0, 0.1) is 0 Å². The number of hydrogen-bond acceptors (Lipinski definition) is 8. The minimum Gasteiger partial charge on any atom is -0.347 e. The van der Waals surface area contributed by atoms with Gasteiger partial charge < -0.3 is 9.88 Å². The van der Waals surface area contributed by atoms with E-state index in [9.17, 15) is 13.6 Å². The summed E-state index contributed by atoms with van der Waals surface area (Å²) in [6.07, 6.45) is 8.32. The number of halogens is 2. The zero-order valence-electron chi connectivity index (χ0n) is 19.7. The van der Waals surface area contributed by atoms with E-state index in [0.29, 0.717) is 23.6 Å². The van der Waals surface area contributed by atoms with Crippen molar-refractivity contribution in [2.24, 2.45) is 7.05 Å². The Kier molecular flexibility index (Phi) is 5.94. The minimum atomic E-state index is -2.64. The molecule has 11 nitrogen and oxygen atoms in total. The number of carbonyl (C=O) groups excluding carboxylic acids is 1. The van der Waals surface area contributed by atoms with Gasteiger partial charge in [0, 0.05) is 37.6 Å². The Bertz CT molecular complexity index is 1560. The number of aromatic nitrogens is 9. The maximum atomic E-state index is 12.9. The Morgan fingerprint density at radius 1 is 1.19 bits per heavy atom. The van der Waals surface area contributed by atoms with E-state index in [1.807, 2.05) is 25.4 Å². The first-order chi connectivity index (χ1) is 18.0. The first-order valence-corrected chi connectivity index (χ1v) is 12.6. The summed E-state index contributed by atoms with van der Waals surface area (Å²) in [5.41, 5.74) is 2.30. The van der Waals surface area contributed by atoms with Crippen LogP contribution in [0.5, 0.6) is 0 Å². The summed E-state index contributed by atoms with van der Waals surface area (Å²) in [7, 11) is 1.85. The number of pyridine rings is 1. The van der Waals surface area contributed by atoms with Crippen molar-refractivity contribution in [3.8, 4) is 17.3 Å². The van der Waals surface area contributed by atoms with Gasteiger partial charge in [-0.1, -0.05) is 0 Å². The van der Waals surface area contributed by atoms with E-state index in [1.165, 1.54) is 4.80 Å². The standard InChI is InChI=1S/C23H22F2N10OS/c1-33-8-5-15(32-33)21-31-16-11-26-19(35-28-6-7-29-35)10-17(16)34(21)14-4-2-3-13(9-14)30-22(36)23-27-12-18(37-23)20(24)25/h5-8,10-14,20H,2-4,9H2,1H3,(H,30,36)/t13-,14+/m0/s1. The van der Waals surface area contributed by atoms with Crippen LogP contribution in [0.25, 0.3) is 28.4 Å². The molecule has 190 valence electrons. The lowest BCUT2D eigenvalue weighted by Gasteiger charge is -2.31. The molecule has 0 spiro atoms. The lowest BCUT2D eigenvalue weighted by Crippen LogP contribution is -2.39. The zero-order valence-corrected chi connectivity index (χ0v) is 20.5. The van der Waals surface area contributed by atoms with Crippen molar-refractivity contribution in [1.29, 1.82) is 0 Å². The molecule has 0 unspecified atom stereocenters. The average molecular weight is 525 g/mol. The zero-order chi connectivity index (χ0) is 25.5. The molecule has 1 saturated carbocycles. The van der Waals surface area contributed by atoms with E-state index in [4.69, 9.17) is 4.98 Å². The summed E-state index contributed by atoms with van der Waals surface area (Å²) in [6, 6.07) is 3.67. The lowest BCUT2D eigenvalue weighted by atomic mass is 9.90. The van der Waals surface area contributed by atoms with E-state index in [-0.39, 0.29) is 22.0 Å². The number of hydrogen-bond donors (Lipinski definition) is 1. The van der Waals surface area contributed by atoms with Crippen LogP contribution >= 0.6 is 11.3 Å². The van der Waals surface area contributed by atoms with Crippen molar-refractivity contribution in [2.45, 2.75) is 44.2 Å².